The Bertz CT molecular complexity index is 740. The molecular weight excluding hydrogens is 365 g/mol. The van der Waals surface area contributed by atoms with Crippen LogP contribution in [0.4, 0.5) is 9.18 Å². The van der Waals surface area contributed by atoms with Gasteiger partial charge in [-0.1, -0.05) is 12.1 Å². The molecule has 1 aromatic carbocycles. The molecule has 1 saturated carbocycles. The summed E-state index contributed by atoms with van der Waals surface area (Å²) in [5.74, 6) is -0.174. The topological polar surface area (TPSA) is 90.0 Å². The Kier molecular flexibility index (Phi) is 6.16. The Morgan fingerprint density at radius 2 is 1.96 bits per heavy atom. The molecule has 2 saturated heterocycles. The maximum absolute atomic E-state index is 13.3. The third-order valence-electron chi connectivity index (χ3n) is 5.70. The van der Waals surface area contributed by atoms with E-state index >= 15 is 0 Å². The van der Waals surface area contributed by atoms with Crippen LogP contribution in [-0.4, -0.2) is 58.0 Å². The minimum atomic E-state index is -0.660. The summed E-state index contributed by atoms with van der Waals surface area (Å²) in [6, 6.07) is 6.39. The highest BCUT2D eigenvalue weighted by Gasteiger charge is 2.54. The number of benzene rings is 1. The summed E-state index contributed by atoms with van der Waals surface area (Å²) in [6.45, 7) is 1.45. The van der Waals surface area contributed by atoms with E-state index in [9.17, 15) is 14.0 Å². The summed E-state index contributed by atoms with van der Waals surface area (Å²) >= 11 is 0. The van der Waals surface area contributed by atoms with E-state index in [-0.39, 0.29) is 30.8 Å². The van der Waals surface area contributed by atoms with Crippen LogP contribution in [0.2, 0.25) is 0 Å². The van der Waals surface area contributed by atoms with Crippen LogP contribution in [0.15, 0.2) is 24.3 Å². The standard InChI is InChI=1S/C19H24FN3O2.CH2O2/c20-15-5-1-4-14(12-15)13-21-18(25)23-11-3-9-19(23)8-2-10-22(17(19)24)16-6-7-16;2-1-3/h1,4-5,12,16H,2-3,6-11,13H2,(H,21,25);1H,(H,2,3). The molecule has 2 N–H and O–H groups in total. The highest BCUT2D eigenvalue weighted by molar-refractivity contribution is 5.92. The van der Waals surface area contributed by atoms with Gasteiger partial charge in [-0.2, -0.15) is 0 Å². The number of carbonyl (C=O) groups is 3. The predicted octanol–water partition coefficient (Wildman–Crippen LogP) is 2.36. The molecule has 3 fully saturated rings. The molecule has 2 heterocycles. The van der Waals surface area contributed by atoms with Gasteiger partial charge < -0.3 is 20.2 Å². The summed E-state index contributed by atoms with van der Waals surface area (Å²) < 4.78 is 13.3. The fraction of sp³-hybridized carbons (Fsp3) is 0.550. The highest BCUT2D eigenvalue weighted by Crippen LogP contribution is 2.41. The van der Waals surface area contributed by atoms with E-state index in [4.69, 9.17) is 9.90 Å². The minimum absolute atomic E-state index is 0.139. The summed E-state index contributed by atoms with van der Waals surface area (Å²) in [7, 11) is 0. The van der Waals surface area contributed by atoms with Crippen molar-refractivity contribution in [2.24, 2.45) is 0 Å². The van der Waals surface area contributed by atoms with Crippen LogP contribution in [0.1, 0.15) is 44.1 Å². The Hall–Kier alpha value is -2.64. The number of urea groups is 1. The number of carbonyl (C=O) groups excluding carboxylic acids is 2. The summed E-state index contributed by atoms with van der Waals surface area (Å²) in [5, 5.41) is 9.76. The fourth-order valence-corrected chi connectivity index (χ4v) is 4.33. The quantitative estimate of drug-likeness (QED) is 0.774. The lowest BCUT2D eigenvalue weighted by atomic mass is 9.85. The van der Waals surface area contributed by atoms with Crippen molar-refractivity contribution >= 4 is 18.4 Å². The zero-order chi connectivity index (χ0) is 20.1. The van der Waals surface area contributed by atoms with Gasteiger partial charge in [-0.05, 0) is 56.2 Å². The monoisotopic (exact) mass is 391 g/mol. The highest BCUT2D eigenvalue weighted by atomic mass is 19.1. The summed E-state index contributed by atoms with van der Waals surface area (Å²) in [6.07, 6.45) is 5.50. The van der Waals surface area contributed by atoms with Gasteiger partial charge in [0.25, 0.3) is 6.47 Å². The van der Waals surface area contributed by atoms with Crippen molar-refractivity contribution in [1.82, 2.24) is 15.1 Å². The lowest BCUT2D eigenvalue weighted by molar-refractivity contribution is -0.146. The van der Waals surface area contributed by atoms with Gasteiger partial charge in [-0.25, -0.2) is 9.18 Å². The van der Waals surface area contributed by atoms with Gasteiger partial charge in [0, 0.05) is 25.7 Å². The maximum Gasteiger partial charge on any atom is 0.318 e. The molecule has 0 bridgehead atoms. The predicted molar refractivity (Wildman–Crippen MR) is 100.0 cm³/mol. The van der Waals surface area contributed by atoms with Crippen LogP contribution in [0.5, 0.6) is 0 Å². The zero-order valence-electron chi connectivity index (χ0n) is 15.8. The van der Waals surface area contributed by atoms with Gasteiger partial charge in [0.15, 0.2) is 0 Å². The number of piperidine rings is 1. The fourth-order valence-electron chi connectivity index (χ4n) is 4.33. The Morgan fingerprint density at radius 3 is 2.61 bits per heavy atom. The maximum atomic E-state index is 13.3. The van der Waals surface area contributed by atoms with E-state index in [0.29, 0.717) is 12.6 Å². The number of hydrogen-bond donors (Lipinski definition) is 2. The number of likely N-dealkylation sites (tertiary alicyclic amines) is 2. The van der Waals surface area contributed by atoms with Gasteiger partial charge in [0.05, 0.1) is 0 Å². The van der Waals surface area contributed by atoms with Crippen LogP contribution in [0.3, 0.4) is 0 Å². The molecule has 28 heavy (non-hydrogen) atoms. The average molecular weight is 391 g/mol. The lowest BCUT2D eigenvalue weighted by Gasteiger charge is -2.44. The van der Waals surface area contributed by atoms with E-state index in [0.717, 1.165) is 50.6 Å². The SMILES string of the molecule is O=C(NCc1cccc(F)c1)N1CCCC12CCCN(C1CC1)C2=O.O=CO. The third kappa shape index (κ3) is 4.10. The smallest absolute Gasteiger partial charge is 0.318 e. The molecule has 0 aromatic heterocycles. The van der Waals surface area contributed by atoms with Crippen molar-refractivity contribution < 1.29 is 23.9 Å². The molecule has 1 aliphatic carbocycles. The first-order chi connectivity index (χ1) is 13.5. The molecule has 1 aromatic rings. The number of carboxylic acid groups (broad SMARTS) is 1. The molecule has 7 nitrogen and oxygen atoms in total. The van der Waals surface area contributed by atoms with Crippen molar-refractivity contribution in [2.75, 3.05) is 13.1 Å². The molecule has 3 aliphatic rings. The average Bonchev–Trinajstić information content (AvgIpc) is 3.43. The second-order valence-corrected chi connectivity index (χ2v) is 7.51. The van der Waals surface area contributed by atoms with Gasteiger partial charge >= 0.3 is 6.03 Å². The number of nitrogens with one attached hydrogen (secondary N) is 1. The second-order valence-electron chi connectivity index (χ2n) is 7.51. The molecule has 1 spiro atoms. The second kappa shape index (κ2) is 8.58. The van der Waals surface area contributed by atoms with Crippen LogP contribution in [-0.2, 0) is 16.1 Å². The zero-order valence-corrected chi connectivity index (χ0v) is 15.8. The Balaban J connectivity index is 0.000000706. The first kappa shape index (κ1) is 20.1. The van der Waals surface area contributed by atoms with E-state index < -0.39 is 5.54 Å². The molecule has 2 aliphatic heterocycles. The van der Waals surface area contributed by atoms with Crippen LogP contribution in [0, 0.1) is 5.82 Å². The van der Waals surface area contributed by atoms with Crippen LogP contribution in [0.25, 0.3) is 0 Å². The van der Waals surface area contributed by atoms with E-state index in [1.54, 1.807) is 17.0 Å². The van der Waals surface area contributed by atoms with Crippen molar-refractivity contribution in [1.29, 1.82) is 0 Å². The summed E-state index contributed by atoms with van der Waals surface area (Å²) in [4.78, 5) is 38.0. The minimum Gasteiger partial charge on any atom is -0.483 e. The molecule has 0 radical (unpaired) electrons. The lowest BCUT2D eigenvalue weighted by Crippen LogP contribution is -2.63. The van der Waals surface area contributed by atoms with E-state index in [1.165, 1.54) is 12.1 Å². The molecule has 4 rings (SSSR count). The number of nitrogens with zero attached hydrogens (tertiary/aromatic N) is 2. The Labute approximate surface area is 163 Å². The van der Waals surface area contributed by atoms with Gasteiger partial charge in [-0.15, -0.1) is 0 Å². The van der Waals surface area contributed by atoms with Crippen molar-refractivity contribution in [3.05, 3.63) is 35.6 Å². The van der Waals surface area contributed by atoms with Crippen molar-refractivity contribution in [2.45, 2.75) is 56.7 Å². The molecule has 1 unspecified atom stereocenters. The van der Waals surface area contributed by atoms with Crippen LogP contribution >= 0.6 is 0 Å². The molecule has 8 heteroatoms. The van der Waals surface area contributed by atoms with E-state index in [1.807, 2.05) is 4.90 Å². The van der Waals surface area contributed by atoms with Crippen LogP contribution < -0.4 is 5.32 Å². The first-order valence-electron chi connectivity index (χ1n) is 9.70. The first-order valence-corrected chi connectivity index (χ1v) is 9.70. The molecular formula is C20H26FN3O4. The van der Waals surface area contributed by atoms with Gasteiger partial charge in [-0.3, -0.25) is 9.59 Å². The number of halogens is 1. The number of amides is 3. The van der Waals surface area contributed by atoms with E-state index in [2.05, 4.69) is 5.32 Å². The summed E-state index contributed by atoms with van der Waals surface area (Å²) in [5.41, 5.74) is 0.0588. The largest absolute Gasteiger partial charge is 0.483 e. The normalized spacial score (nSPS) is 24.0. The molecule has 3 amide bonds. The van der Waals surface area contributed by atoms with Crippen molar-refractivity contribution in [3.8, 4) is 0 Å². The number of hydrogen-bond acceptors (Lipinski definition) is 3. The third-order valence-corrected chi connectivity index (χ3v) is 5.70. The van der Waals surface area contributed by atoms with Crippen molar-refractivity contribution in [3.63, 3.8) is 0 Å². The number of rotatable bonds is 3. The molecule has 152 valence electrons. The Morgan fingerprint density at radius 1 is 1.29 bits per heavy atom. The van der Waals surface area contributed by atoms with Gasteiger partial charge in [0.2, 0.25) is 5.91 Å². The molecule has 1 atom stereocenters. The van der Waals surface area contributed by atoms with Gasteiger partial charge in [0.1, 0.15) is 11.4 Å².